The number of hydrogen-bond acceptors (Lipinski definition) is 3. The molecule has 0 aliphatic rings. The van der Waals surface area contributed by atoms with E-state index in [1.807, 2.05) is 24.3 Å². The van der Waals surface area contributed by atoms with Gasteiger partial charge in [0.15, 0.2) is 0 Å². The van der Waals surface area contributed by atoms with Crippen molar-refractivity contribution < 1.29 is 4.42 Å². The van der Waals surface area contributed by atoms with Gasteiger partial charge in [0.25, 0.3) is 0 Å². The van der Waals surface area contributed by atoms with Gasteiger partial charge in [-0.25, -0.2) is 0 Å². The van der Waals surface area contributed by atoms with Crippen molar-refractivity contribution in [3.63, 3.8) is 0 Å². The Kier molecular flexibility index (Phi) is 3.38. The summed E-state index contributed by atoms with van der Waals surface area (Å²) in [6, 6.07) is 10.0. The molecule has 0 saturated carbocycles. The summed E-state index contributed by atoms with van der Waals surface area (Å²) in [6.45, 7) is 5.87. The molecular weight excluding hydrogens is 212 g/mol. The largest absolute Gasteiger partial charge is 0.467 e. The molecule has 1 aromatic heterocycles. The lowest BCUT2D eigenvalue weighted by atomic mass is 10.2. The first-order valence-corrected chi connectivity index (χ1v) is 5.83. The fraction of sp³-hybridized carbons (Fsp3) is 0.286. The highest BCUT2D eigenvalue weighted by Crippen LogP contribution is 2.22. The standard InChI is InChI=1S/C14H18N2O/c1-3-16(10-14-5-4-6-17-14)13-8-11(2)7-12(15)9-13/h4-9H,3,10,15H2,1-2H3. The molecule has 0 amide bonds. The van der Waals surface area contributed by atoms with Gasteiger partial charge in [0.1, 0.15) is 5.76 Å². The van der Waals surface area contributed by atoms with E-state index in [4.69, 9.17) is 10.2 Å². The van der Waals surface area contributed by atoms with E-state index < -0.39 is 0 Å². The average Bonchev–Trinajstić information content (AvgIpc) is 2.77. The van der Waals surface area contributed by atoms with Crippen LogP contribution in [0.25, 0.3) is 0 Å². The molecule has 17 heavy (non-hydrogen) atoms. The zero-order valence-electron chi connectivity index (χ0n) is 10.3. The van der Waals surface area contributed by atoms with Gasteiger partial charge in [-0.1, -0.05) is 0 Å². The number of nitrogens with two attached hydrogens (primary N) is 1. The molecular formula is C14H18N2O. The number of hydrogen-bond donors (Lipinski definition) is 1. The van der Waals surface area contributed by atoms with Gasteiger partial charge in [-0.3, -0.25) is 0 Å². The van der Waals surface area contributed by atoms with Crippen LogP contribution < -0.4 is 10.6 Å². The van der Waals surface area contributed by atoms with Crippen LogP contribution in [0.15, 0.2) is 41.0 Å². The maximum atomic E-state index is 5.88. The fourth-order valence-corrected chi connectivity index (χ4v) is 1.95. The summed E-state index contributed by atoms with van der Waals surface area (Å²) < 4.78 is 5.37. The quantitative estimate of drug-likeness (QED) is 0.820. The molecule has 0 spiro atoms. The van der Waals surface area contributed by atoms with Crippen molar-refractivity contribution >= 4 is 11.4 Å². The van der Waals surface area contributed by atoms with E-state index >= 15 is 0 Å². The van der Waals surface area contributed by atoms with Crippen LogP contribution in [0, 0.1) is 6.92 Å². The molecule has 0 atom stereocenters. The Hall–Kier alpha value is -1.90. The van der Waals surface area contributed by atoms with E-state index in [0.29, 0.717) is 0 Å². The second-order valence-corrected chi connectivity index (χ2v) is 4.20. The number of nitrogens with zero attached hydrogens (tertiary/aromatic N) is 1. The average molecular weight is 230 g/mol. The third-order valence-electron chi connectivity index (χ3n) is 2.76. The van der Waals surface area contributed by atoms with Crippen molar-refractivity contribution in [2.75, 3.05) is 17.2 Å². The van der Waals surface area contributed by atoms with Crippen molar-refractivity contribution in [1.29, 1.82) is 0 Å². The molecule has 0 bridgehead atoms. The Balaban J connectivity index is 2.22. The zero-order chi connectivity index (χ0) is 12.3. The summed E-state index contributed by atoms with van der Waals surface area (Å²) in [5.74, 6) is 0.965. The summed E-state index contributed by atoms with van der Waals surface area (Å²) >= 11 is 0. The first-order chi connectivity index (χ1) is 8.19. The van der Waals surface area contributed by atoms with Crippen LogP contribution in [0.3, 0.4) is 0 Å². The predicted molar refractivity (Wildman–Crippen MR) is 71.0 cm³/mol. The van der Waals surface area contributed by atoms with E-state index in [-0.39, 0.29) is 0 Å². The van der Waals surface area contributed by atoms with Gasteiger partial charge < -0.3 is 15.1 Å². The molecule has 2 N–H and O–H groups in total. The maximum Gasteiger partial charge on any atom is 0.123 e. The van der Waals surface area contributed by atoms with Crippen molar-refractivity contribution in [2.24, 2.45) is 0 Å². The smallest absolute Gasteiger partial charge is 0.123 e. The molecule has 1 aromatic carbocycles. The second kappa shape index (κ2) is 4.95. The zero-order valence-corrected chi connectivity index (χ0v) is 10.3. The topological polar surface area (TPSA) is 42.4 Å². The summed E-state index contributed by atoms with van der Waals surface area (Å²) in [7, 11) is 0. The molecule has 0 fully saturated rings. The summed E-state index contributed by atoms with van der Waals surface area (Å²) in [5.41, 5.74) is 9.00. The lowest BCUT2D eigenvalue weighted by Gasteiger charge is -2.22. The minimum absolute atomic E-state index is 0.770. The van der Waals surface area contributed by atoms with Crippen molar-refractivity contribution in [2.45, 2.75) is 20.4 Å². The monoisotopic (exact) mass is 230 g/mol. The molecule has 90 valence electrons. The number of furan rings is 1. The van der Waals surface area contributed by atoms with Crippen LogP contribution in [0.4, 0.5) is 11.4 Å². The summed E-state index contributed by atoms with van der Waals surface area (Å²) in [6.07, 6.45) is 1.70. The molecule has 0 aliphatic carbocycles. The van der Waals surface area contributed by atoms with Crippen LogP contribution >= 0.6 is 0 Å². The highest BCUT2D eigenvalue weighted by molar-refractivity contribution is 5.58. The number of anilines is 2. The molecule has 0 saturated heterocycles. The van der Waals surface area contributed by atoms with Crippen LogP contribution in [0.5, 0.6) is 0 Å². The third kappa shape index (κ3) is 2.81. The number of aryl methyl sites for hydroxylation is 1. The SMILES string of the molecule is CCN(Cc1ccco1)c1cc(C)cc(N)c1. The molecule has 3 nitrogen and oxygen atoms in total. The third-order valence-corrected chi connectivity index (χ3v) is 2.76. The van der Waals surface area contributed by atoms with Gasteiger partial charge in [-0.2, -0.15) is 0 Å². The van der Waals surface area contributed by atoms with Gasteiger partial charge in [0, 0.05) is 17.9 Å². The maximum absolute atomic E-state index is 5.88. The molecule has 2 aromatic rings. The highest BCUT2D eigenvalue weighted by atomic mass is 16.3. The predicted octanol–water partition coefficient (Wildman–Crippen LogP) is 3.20. The Labute approximate surface area is 102 Å². The van der Waals surface area contributed by atoms with Gasteiger partial charge in [-0.05, 0) is 49.7 Å². The first kappa shape index (κ1) is 11.6. The number of rotatable bonds is 4. The van der Waals surface area contributed by atoms with Crippen LogP contribution in [-0.2, 0) is 6.54 Å². The van der Waals surface area contributed by atoms with Crippen molar-refractivity contribution in [1.82, 2.24) is 0 Å². The minimum atomic E-state index is 0.770. The number of benzene rings is 1. The van der Waals surface area contributed by atoms with Crippen molar-refractivity contribution in [3.05, 3.63) is 47.9 Å². The lowest BCUT2D eigenvalue weighted by Crippen LogP contribution is -2.21. The molecule has 0 aliphatic heterocycles. The molecule has 2 rings (SSSR count). The van der Waals surface area contributed by atoms with Gasteiger partial charge >= 0.3 is 0 Å². The Morgan fingerprint density at radius 1 is 1.29 bits per heavy atom. The summed E-state index contributed by atoms with van der Waals surface area (Å²) in [5, 5.41) is 0. The minimum Gasteiger partial charge on any atom is -0.467 e. The van der Waals surface area contributed by atoms with Crippen LogP contribution in [0.2, 0.25) is 0 Å². The fourth-order valence-electron chi connectivity index (χ4n) is 1.95. The molecule has 1 heterocycles. The van der Waals surface area contributed by atoms with Crippen LogP contribution in [-0.4, -0.2) is 6.54 Å². The van der Waals surface area contributed by atoms with E-state index in [1.165, 1.54) is 5.56 Å². The molecule has 0 unspecified atom stereocenters. The van der Waals surface area contributed by atoms with Gasteiger partial charge in [0.05, 0.1) is 12.8 Å². The summed E-state index contributed by atoms with van der Waals surface area (Å²) in [4.78, 5) is 2.24. The van der Waals surface area contributed by atoms with Crippen molar-refractivity contribution in [3.8, 4) is 0 Å². The Bertz CT molecular complexity index is 457. The van der Waals surface area contributed by atoms with E-state index in [0.717, 1.165) is 30.2 Å². The van der Waals surface area contributed by atoms with Gasteiger partial charge in [0.2, 0.25) is 0 Å². The second-order valence-electron chi connectivity index (χ2n) is 4.20. The number of nitrogen functional groups attached to an aromatic ring is 1. The normalized spacial score (nSPS) is 10.5. The highest BCUT2D eigenvalue weighted by Gasteiger charge is 2.08. The van der Waals surface area contributed by atoms with E-state index in [9.17, 15) is 0 Å². The lowest BCUT2D eigenvalue weighted by molar-refractivity contribution is 0.503. The van der Waals surface area contributed by atoms with Crippen LogP contribution in [0.1, 0.15) is 18.2 Å². The van der Waals surface area contributed by atoms with E-state index in [1.54, 1.807) is 6.26 Å². The molecule has 0 radical (unpaired) electrons. The molecule has 3 heteroatoms. The Morgan fingerprint density at radius 3 is 2.71 bits per heavy atom. The van der Waals surface area contributed by atoms with E-state index in [2.05, 4.69) is 24.8 Å². The first-order valence-electron chi connectivity index (χ1n) is 5.83. The van der Waals surface area contributed by atoms with Gasteiger partial charge in [-0.15, -0.1) is 0 Å². The Morgan fingerprint density at radius 2 is 2.12 bits per heavy atom.